The van der Waals surface area contributed by atoms with Crippen molar-refractivity contribution >= 4 is 6.03 Å². The molecule has 0 spiro atoms. The molecule has 9 heavy (non-hydrogen) atoms. The molecule has 0 rings (SSSR count). The normalized spacial score (nSPS) is 7.22. The largest absolute Gasteiger partial charge is 0.352 e. The number of carbonyl (C=O) groups is 1. The zero-order valence-electron chi connectivity index (χ0n) is 5.40. The third kappa shape index (κ3) is 6.83. The quantitative estimate of drug-likeness (QED) is 0.480. The summed E-state index contributed by atoms with van der Waals surface area (Å²) in [5, 5.41) is 2.35. The fourth-order valence-electron chi connectivity index (χ4n) is 0.319. The van der Waals surface area contributed by atoms with Gasteiger partial charge in [-0.05, 0) is 0 Å². The molecule has 3 N–H and O–H groups in total. The van der Waals surface area contributed by atoms with E-state index in [-0.39, 0.29) is 0 Å². The van der Waals surface area contributed by atoms with Crippen molar-refractivity contribution in [3.63, 3.8) is 0 Å². The Morgan fingerprint density at radius 3 is 2.78 bits per heavy atom. The Hall–Kier alpha value is -1.17. The van der Waals surface area contributed by atoms with Crippen LogP contribution in [0.1, 0.15) is 13.3 Å². The average Bonchev–Trinajstić information content (AvgIpc) is 1.80. The highest BCUT2D eigenvalue weighted by Gasteiger charge is 1.82. The molecule has 0 fully saturated rings. The standard InChI is InChI=1S/C6H10N2O/c1-2-3-4-5-8-6(7)9/h2,5H2,1H3,(H3,7,8,9). The number of amides is 2. The Morgan fingerprint density at radius 2 is 2.33 bits per heavy atom. The summed E-state index contributed by atoms with van der Waals surface area (Å²) in [6, 6.07) is -0.527. The van der Waals surface area contributed by atoms with E-state index in [1.54, 1.807) is 0 Å². The zero-order chi connectivity index (χ0) is 7.11. The van der Waals surface area contributed by atoms with Gasteiger partial charge in [0.05, 0.1) is 6.54 Å². The van der Waals surface area contributed by atoms with E-state index in [1.807, 2.05) is 6.92 Å². The molecule has 0 heterocycles. The van der Waals surface area contributed by atoms with E-state index in [1.165, 1.54) is 0 Å². The minimum Gasteiger partial charge on any atom is -0.352 e. The SMILES string of the molecule is CCC#CCNC(N)=O. The van der Waals surface area contributed by atoms with Gasteiger partial charge in [0, 0.05) is 6.42 Å². The second-order valence-electron chi connectivity index (χ2n) is 1.42. The molecule has 0 unspecified atom stereocenters. The maximum Gasteiger partial charge on any atom is 0.312 e. The maximum absolute atomic E-state index is 10.0. The third-order valence-corrected chi connectivity index (χ3v) is 0.653. The molecule has 0 bridgehead atoms. The van der Waals surface area contributed by atoms with Crippen LogP contribution in [0.15, 0.2) is 0 Å². The fraction of sp³-hybridized carbons (Fsp3) is 0.500. The highest BCUT2D eigenvalue weighted by atomic mass is 16.2. The van der Waals surface area contributed by atoms with Gasteiger partial charge < -0.3 is 11.1 Å². The third-order valence-electron chi connectivity index (χ3n) is 0.653. The van der Waals surface area contributed by atoms with Crippen LogP contribution in [0.2, 0.25) is 0 Å². The van der Waals surface area contributed by atoms with E-state index in [0.29, 0.717) is 6.54 Å². The molecule has 2 amide bonds. The van der Waals surface area contributed by atoms with E-state index >= 15 is 0 Å². The van der Waals surface area contributed by atoms with E-state index in [9.17, 15) is 4.79 Å². The van der Waals surface area contributed by atoms with Gasteiger partial charge in [-0.25, -0.2) is 4.79 Å². The fourth-order valence-corrected chi connectivity index (χ4v) is 0.319. The smallest absolute Gasteiger partial charge is 0.312 e. The molecule has 0 aliphatic heterocycles. The van der Waals surface area contributed by atoms with Crippen LogP contribution >= 0.6 is 0 Å². The Labute approximate surface area is 54.6 Å². The molecule has 0 aromatic heterocycles. The van der Waals surface area contributed by atoms with Crippen molar-refractivity contribution in [3.05, 3.63) is 0 Å². The molecule has 0 aliphatic rings. The maximum atomic E-state index is 10.0. The predicted octanol–water partition coefficient (Wildman–Crippen LogP) is 0.0681. The van der Waals surface area contributed by atoms with Gasteiger partial charge in [-0.2, -0.15) is 0 Å². The van der Waals surface area contributed by atoms with Crippen LogP contribution in [0.4, 0.5) is 4.79 Å². The van der Waals surface area contributed by atoms with E-state index in [2.05, 4.69) is 17.2 Å². The molecule has 50 valence electrons. The molecule has 0 atom stereocenters. The molecule has 0 aliphatic carbocycles. The second kappa shape index (κ2) is 4.98. The van der Waals surface area contributed by atoms with Gasteiger partial charge in [-0.1, -0.05) is 12.8 Å². The first kappa shape index (κ1) is 7.83. The highest BCUT2D eigenvalue weighted by Crippen LogP contribution is 1.64. The van der Waals surface area contributed by atoms with Crippen LogP contribution in [0.3, 0.4) is 0 Å². The van der Waals surface area contributed by atoms with Crippen LogP contribution in [-0.2, 0) is 0 Å². The number of rotatable bonds is 1. The number of hydrogen-bond donors (Lipinski definition) is 2. The predicted molar refractivity (Wildman–Crippen MR) is 35.7 cm³/mol. The molecular formula is C6H10N2O. The summed E-state index contributed by atoms with van der Waals surface area (Å²) in [4.78, 5) is 10.0. The summed E-state index contributed by atoms with van der Waals surface area (Å²) < 4.78 is 0. The lowest BCUT2D eigenvalue weighted by Gasteiger charge is -1.89. The molecule has 3 nitrogen and oxygen atoms in total. The monoisotopic (exact) mass is 126 g/mol. The summed E-state index contributed by atoms with van der Waals surface area (Å²) in [7, 11) is 0. The lowest BCUT2D eigenvalue weighted by molar-refractivity contribution is 0.250. The Balaban J connectivity index is 3.19. The Kier molecular flexibility index (Phi) is 4.33. The Bertz CT molecular complexity index is 143. The number of hydrogen-bond acceptors (Lipinski definition) is 1. The highest BCUT2D eigenvalue weighted by molar-refractivity contribution is 5.71. The molecule has 3 heteroatoms. The molecular weight excluding hydrogens is 116 g/mol. The van der Waals surface area contributed by atoms with E-state index in [4.69, 9.17) is 5.73 Å². The summed E-state index contributed by atoms with van der Waals surface area (Å²) in [5.41, 5.74) is 4.76. The van der Waals surface area contributed by atoms with Crippen molar-refractivity contribution in [2.24, 2.45) is 5.73 Å². The van der Waals surface area contributed by atoms with Crippen LogP contribution in [0.25, 0.3) is 0 Å². The minimum atomic E-state index is -0.527. The number of nitrogens with two attached hydrogens (primary N) is 1. The van der Waals surface area contributed by atoms with Gasteiger partial charge in [-0.15, -0.1) is 5.92 Å². The molecule has 0 aromatic rings. The van der Waals surface area contributed by atoms with Gasteiger partial charge in [0.2, 0.25) is 0 Å². The van der Waals surface area contributed by atoms with Crippen LogP contribution < -0.4 is 11.1 Å². The van der Waals surface area contributed by atoms with Crippen molar-refractivity contribution in [1.82, 2.24) is 5.32 Å². The van der Waals surface area contributed by atoms with Crippen molar-refractivity contribution < 1.29 is 4.79 Å². The number of carbonyl (C=O) groups excluding carboxylic acids is 1. The first-order valence-electron chi connectivity index (χ1n) is 2.76. The number of primary amides is 1. The Morgan fingerprint density at radius 1 is 1.67 bits per heavy atom. The summed E-state index contributed by atoms with van der Waals surface area (Å²) in [6.45, 7) is 2.29. The van der Waals surface area contributed by atoms with Crippen LogP contribution in [0.5, 0.6) is 0 Å². The van der Waals surface area contributed by atoms with Crippen LogP contribution in [0, 0.1) is 11.8 Å². The van der Waals surface area contributed by atoms with Gasteiger partial charge in [0.1, 0.15) is 0 Å². The molecule has 0 saturated carbocycles. The van der Waals surface area contributed by atoms with Gasteiger partial charge in [0.25, 0.3) is 0 Å². The lowest BCUT2D eigenvalue weighted by atomic mass is 10.5. The molecule has 0 saturated heterocycles. The lowest BCUT2D eigenvalue weighted by Crippen LogP contribution is -2.29. The van der Waals surface area contributed by atoms with Crippen molar-refractivity contribution in [1.29, 1.82) is 0 Å². The topological polar surface area (TPSA) is 55.1 Å². The average molecular weight is 126 g/mol. The number of nitrogens with one attached hydrogen (secondary N) is 1. The first-order chi connectivity index (χ1) is 4.27. The van der Waals surface area contributed by atoms with Gasteiger partial charge >= 0.3 is 6.03 Å². The molecule has 0 radical (unpaired) electrons. The van der Waals surface area contributed by atoms with Gasteiger partial charge in [0.15, 0.2) is 0 Å². The van der Waals surface area contributed by atoms with Crippen molar-refractivity contribution in [3.8, 4) is 11.8 Å². The zero-order valence-corrected chi connectivity index (χ0v) is 5.40. The summed E-state index contributed by atoms with van der Waals surface area (Å²) in [5.74, 6) is 5.49. The minimum absolute atomic E-state index is 0.350. The number of urea groups is 1. The van der Waals surface area contributed by atoms with E-state index < -0.39 is 6.03 Å². The van der Waals surface area contributed by atoms with Crippen molar-refractivity contribution in [2.45, 2.75) is 13.3 Å². The van der Waals surface area contributed by atoms with Crippen molar-refractivity contribution in [2.75, 3.05) is 6.54 Å². The van der Waals surface area contributed by atoms with Gasteiger partial charge in [-0.3, -0.25) is 0 Å². The second-order valence-corrected chi connectivity index (χ2v) is 1.42. The van der Waals surface area contributed by atoms with E-state index in [0.717, 1.165) is 6.42 Å². The van der Waals surface area contributed by atoms with Crippen LogP contribution in [-0.4, -0.2) is 12.6 Å². The summed E-state index contributed by atoms with van der Waals surface area (Å²) >= 11 is 0. The summed E-state index contributed by atoms with van der Waals surface area (Å²) in [6.07, 6.45) is 0.806. The molecule has 0 aromatic carbocycles. The first-order valence-corrected chi connectivity index (χ1v) is 2.76.